The zero-order valence-corrected chi connectivity index (χ0v) is 11.9. The predicted octanol–water partition coefficient (Wildman–Crippen LogP) is 2.21. The summed E-state index contributed by atoms with van der Waals surface area (Å²) in [6.45, 7) is 0. The van der Waals surface area contributed by atoms with E-state index in [1.165, 1.54) is 18.1 Å². The highest BCUT2D eigenvalue weighted by atomic mass is 32.2. The van der Waals surface area contributed by atoms with Gasteiger partial charge in [0.25, 0.3) is 0 Å². The van der Waals surface area contributed by atoms with Gasteiger partial charge in [-0.05, 0) is 6.07 Å². The van der Waals surface area contributed by atoms with Gasteiger partial charge in [-0.2, -0.15) is 0 Å². The molecular formula is C13H14N2O4S. The van der Waals surface area contributed by atoms with Crippen molar-refractivity contribution >= 4 is 28.6 Å². The Hall–Kier alpha value is -2.02. The number of carbonyl (C=O) groups is 1. The topological polar surface area (TPSA) is 81.5 Å². The summed E-state index contributed by atoms with van der Waals surface area (Å²) in [5.41, 5.74) is 0.732. The van der Waals surface area contributed by atoms with Crippen LogP contribution in [0.1, 0.15) is 6.42 Å². The highest BCUT2D eigenvalue weighted by Crippen LogP contribution is 2.34. The fourth-order valence-corrected chi connectivity index (χ4v) is 2.62. The molecule has 6 nitrogen and oxygen atoms in total. The second kappa shape index (κ2) is 6.42. The Morgan fingerprint density at radius 2 is 1.95 bits per heavy atom. The summed E-state index contributed by atoms with van der Waals surface area (Å²) in [7, 11) is 3.12. The average Bonchev–Trinajstić information content (AvgIpc) is 2.45. The number of benzene rings is 1. The van der Waals surface area contributed by atoms with Crippen molar-refractivity contribution in [2.75, 3.05) is 20.0 Å². The summed E-state index contributed by atoms with van der Waals surface area (Å²) in [6, 6.07) is 3.58. The first-order valence-corrected chi connectivity index (χ1v) is 6.85. The van der Waals surface area contributed by atoms with Gasteiger partial charge in [0.15, 0.2) is 11.5 Å². The molecule has 0 aliphatic carbocycles. The summed E-state index contributed by atoms with van der Waals surface area (Å²) in [6.07, 6.45) is 1.54. The number of carboxylic acid groups (broad SMARTS) is 1. The first-order chi connectivity index (χ1) is 9.65. The predicted molar refractivity (Wildman–Crippen MR) is 75.6 cm³/mol. The lowest BCUT2D eigenvalue weighted by molar-refractivity contribution is -0.136. The minimum atomic E-state index is -0.824. The molecule has 1 N–H and O–H groups in total. The molecule has 0 unspecified atom stereocenters. The number of ether oxygens (including phenoxy) is 2. The van der Waals surface area contributed by atoms with E-state index in [0.29, 0.717) is 17.3 Å². The maximum absolute atomic E-state index is 10.6. The molecule has 0 fully saturated rings. The van der Waals surface area contributed by atoms with Gasteiger partial charge >= 0.3 is 5.97 Å². The molecule has 0 radical (unpaired) electrons. The van der Waals surface area contributed by atoms with Crippen LogP contribution in [0.2, 0.25) is 0 Å². The van der Waals surface area contributed by atoms with Crippen molar-refractivity contribution in [1.82, 2.24) is 9.97 Å². The van der Waals surface area contributed by atoms with Gasteiger partial charge in [0, 0.05) is 17.2 Å². The van der Waals surface area contributed by atoms with Gasteiger partial charge in [0.05, 0.1) is 26.2 Å². The first-order valence-electron chi connectivity index (χ1n) is 5.87. The lowest BCUT2D eigenvalue weighted by Crippen LogP contribution is -1.97. The van der Waals surface area contributed by atoms with Crippen LogP contribution in [0.25, 0.3) is 10.9 Å². The molecule has 106 valence electrons. The zero-order chi connectivity index (χ0) is 14.5. The van der Waals surface area contributed by atoms with Crippen LogP contribution >= 0.6 is 11.8 Å². The number of aromatic nitrogens is 2. The third-order valence-corrected chi connectivity index (χ3v) is 3.67. The monoisotopic (exact) mass is 294 g/mol. The van der Waals surface area contributed by atoms with E-state index in [2.05, 4.69) is 9.97 Å². The summed E-state index contributed by atoms with van der Waals surface area (Å²) < 4.78 is 10.5. The van der Waals surface area contributed by atoms with Crippen LogP contribution in [0.4, 0.5) is 0 Å². The molecule has 1 aromatic heterocycles. The molecular weight excluding hydrogens is 280 g/mol. The van der Waals surface area contributed by atoms with Crippen molar-refractivity contribution in [3.8, 4) is 11.5 Å². The molecule has 1 aromatic carbocycles. The van der Waals surface area contributed by atoms with Crippen LogP contribution in [0, 0.1) is 0 Å². The van der Waals surface area contributed by atoms with Gasteiger partial charge in [0.2, 0.25) is 0 Å². The number of rotatable bonds is 6. The van der Waals surface area contributed by atoms with Gasteiger partial charge in [-0.25, -0.2) is 9.97 Å². The quantitative estimate of drug-likeness (QED) is 0.646. The molecule has 0 spiro atoms. The molecule has 0 bridgehead atoms. The number of aliphatic carboxylic acids is 1. The van der Waals surface area contributed by atoms with Gasteiger partial charge in [-0.3, -0.25) is 4.79 Å². The number of methoxy groups -OCH3 is 2. The summed E-state index contributed by atoms with van der Waals surface area (Å²) in [5, 5.41) is 10.2. The van der Waals surface area contributed by atoms with Crippen LogP contribution < -0.4 is 9.47 Å². The van der Waals surface area contributed by atoms with E-state index < -0.39 is 5.97 Å². The maximum atomic E-state index is 10.6. The van der Waals surface area contributed by atoms with Gasteiger partial charge in [0.1, 0.15) is 11.4 Å². The van der Waals surface area contributed by atoms with Crippen LogP contribution in [-0.2, 0) is 4.79 Å². The highest BCUT2D eigenvalue weighted by Gasteiger charge is 2.11. The fourth-order valence-electron chi connectivity index (χ4n) is 1.71. The van der Waals surface area contributed by atoms with E-state index in [9.17, 15) is 4.79 Å². The summed E-state index contributed by atoms with van der Waals surface area (Å²) in [4.78, 5) is 18.9. The van der Waals surface area contributed by atoms with Crippen molar-refractivity contribution in [3.05, 3.63) is 18.5 Å². The van der Waals surface area contributed by atoms with Crippen LogP contribution in [0.3, 0.4) is 0 Å². The SMILES string of the molecule is COc1cc2ncnc(SCCC(=O)O)c2cc1OC. The molecule has 2 aromatic rings. The Kier molecular flexibility index (Phi) is 4.62. The minimum Gasteiger partial charge on any atom is -0.493 e. The Bertz CT molecular complexity index is 633. The number of nitrogens with zero attached hydrogens (tertiary/aromatic N) is 2. The lowest BCUT2D eigenvalue weighted by atomic mass is 10.2. The van der Waals surface area contributed by atoms with Gasteiger partial charge in [-0.15, -0.1) is 11.8 Å². The Morgan fingerprint density at radius 1 is 1.25 bits per heavy atom. The number of hydrogen-bond acceptors (Lipinski definition) is 6. The number of hydrogen-bond donors (Lipinski definition) is 1. The molecule has 0 saturated heterocycles. The van der Waals surface area contributed by atoms with Crippen molar-refractivity contribution in [1.29, 1.82) is 0 Å². The number of thioether (sulfide) groups is 1. The molecule has 0 saturated carbocycles. The Morgan fingerprint density at radius 3 is 2.60 bits per heavy atom. The molecule has 0 aliphatic rings. The molecule has 7 heteroatoms. The van der Waals surface area contributed by atoms with Crippen molar-refractivity contribution in [3.63, 3.8) is 0 Å². The van der Waals surface area contributed by atoms with E-state index in [-0.39, 0.29) is 6.42 Å². The third kappa shape index (κ3) is 3.11. The van der Waals surface area contributed by atoms with E-state index in [1.807, 2.05) is 0 Å². The normalized spacial score (nSPS) is 10.5. The van der Waals surface area contributed by atoms with E-state index in [0.717, 1.165) is 15.9 Å². The smallest absolute Gasteiger partial charge is 0.304 e. The first kappa shape index (κ1) is 14.4. The van der Waals surface area contributed by atoms with E-state index in [1.54, 1.807) is 26.4 Å². The molecule has 1 heterocycles. The molecule has 0 amide bonds. The highest BCUT2D eigenvalue weighted by molar-refractivity contribution is 7.99. The van der Waals surface area contributed by atoms with Gasteiger partial charge < -0.3 is 14.6 Å². The van der Waals surface area contributed by atoms with Crippen LogP contribution in [-0.4, -0.2) is 41.0 Å². The van der Waals surface area contributed by atoms with Crippen molar-refractivity contribution < 1.29 is 19.4 Å². The van der Waals surface area contributed by atoms with Crippen molar-refractivity contribution in [2.24, 2.45) is 0 Å². The molecule has 0 atom stereocenters. The van der Waals surface area contributed by atoms with Gasteiger partial charge in [-0.1, -0.05) is 0 Å². The molecule has 0 aliphatic heterocycles. The van der Waals surface area contributed by atoms with Crippen molar-refractivity contribution in [2.45, 2.75) is 11.4 Å². The van der Waals surface area contributed by atoms with E-state index in [4.69, 9.17) is 14.6 Å². The number of carboxylic acids is 1. The van der Waals surface area contributed by atoms with Crippen LogP contribution in [0.5, 0.6) is 11.5 Å². The standard InChI is InChI=1S/C13H14N2O4S/c1-18-10-5-8-9(6-11(10)19-2)14-7-15-13(8)20-4-3-12(16)17/h5-7H,3-4H2,1-2H3,(H,16,17). The maximum Gasteiger partial charge on any atom is 0.304 e. The Labute approximate surface area is 120 Å². The lowest BCUT2D eigenvalue weighted by Gasteiger charge is -2.10. The molecule has 2 rings (SSSR count). The fraction of sp³-hybridized carbons (Fsp3) is 0.308. The number of fused-ring (bicyclic) bond motifs is 1. The van der Waals surface area contributed by atoms with Crippen LogP contribution in [0.15, 0.2) is 23.5 Å². The summed E-state index contributed by atoms with van der Waals surface area (Å²) in [5.74, 6) is 0.820. The third-order valence-electron chi connectivity index (χ3n) is 2.66. The second-order valence-electron chi connectivity index (χ2n) is 3.90. The van der Waals surface area contributed by atoms with E-state index >= 15 is 0 Å². The minimum absolute atomic E-state index is 0.0868. The second-order valence-corrected chi connectivity index (χ2v) is 4.98. The average molecular weight is 294 g/mol. The molecule has 20 heavy (non-hydrogen) atoms. The summed E-state index contributed by atoms with van der Waals surface area (Å²) >= 11 is 1.38. The Balaban J connectivity index is 2.37. The largest absolute Gasteiger partial charge is 0.493 e. The zero-order valence-electron chi connectivity index (χ0n) is 11.1.